The van der Waals surface area contributed by atoms with Crippen LogP contribution in [0, 0.1) is 27.7 Å². The lowest BCUT2D eigenvalue weighted by molar-refractivity contribution is 0.281. The number of aliphatic imine (C=N–C) groups is 2. The van der Waals surface area contributed by atoms with Gasteiger partial charge >= 0.3 is 0 Å². The van der Waals surface area contributed by atoms with Gasteiger partial charge in [0.2, 0.25) is 0 Å². The Morgan fingerprint density at radius 3 is 1.84 bits per heavy atom. The number of hydrogen-bond donors (Lipinski definition) is 3. The second-order valence-electron chi connectivity index (χ2n) is 12.4. The lowest BCUT2D eigenvalue weighted by Crippen LogP contribution is -2.15. The molecule has 12 heteroatoms. The summed E-state index contributed by atoms with van der Waals surface area (Å²) in [6, 6.07) is 11.4. The van der Waals surface area contributed by atoms with Crippen molar-refractivity contribution >= 4 is 42.6 Å². The van der Waals surface area contributed by atoms with Crippen LogP contribution in [0.3, 0.4) is 0 Å². The van der Waals surface area contributed by atoms with Gasteiger partial charge in [0.15, 0.2) is 0 Å². The fourth-order valence-corrected chi connectivity index (χ4v) is 8.95. The molecule has 6 rings (SSSR count). The molecule has 2 unspecified atom stereocenters. The van der Waals surface area contributed by atoms with Crippen molar-refractivity contribution in [1.29, 1.82) is 0 Å². The summed E-state index contributed by atoms with van der Waals surface area (Å²) in [7, 11) is -0.0453. The van der Waals surface area contributed by atoms with Gasteiger partial charge in [-0.05, 0) is 68.3 Å². The molecule has 0 bridgehead atoms. The van der Waals surface area contributed by atoms with Crippen molar-refractivity contribution < 1.29 is 28.4 Å². The van der Waals surface area contributed by atoms with Crippen LogP contribution in [-0.2, 0) is 48.4 Å². The number of nitrogens with zero attached hydrogens (tertiary/aromatic N) is 4. The number of aliphatic hydroxyl groups is 2. The largest absolute Gasteiger partial charge is 0.496 e. The van der Waals surface area contributed by atoms with Crippen LogP contribution in [0.4, 0.5) is 11.4 Å². The van der Waals surface area contributed by atoms with E-state index in [2.05, 4.69) is 20.0 Å². The van der Waals surface area contributed by atoms with E-state index in [1.807, 2.05) is 70.3 Å². The molecule has 4 aromatic rings. The van der Waals surface area contributed by atoms with Crippen LogP contribution in [0.5, 0.6) is 11.5 Å². The number of aryl methyl sites for hydroxylation is 2. The molecule has 49 heavy (non-hydrogen) atoms. The molecule has 2 aromatic carbocycles. The van der Waals surface area contributed by atoms with Gasteiger partial charge in [-0.3, -0.25) is 14.2 Å². The summed E-state index contributed by atoms with van der Waals surface area (Å²) in [5.74, 6) is 2.39. The predicted molar refractivity (Wildman–Crippen MR) is 199 cm³/mol. The molecule has 2 aromatic heterocycles. The van der Waals surface area contributed by atoms with E-state index in [4.69, 9.17) is 9.47 Å². The lowest BCUT2D eigenvalue weighted by Gasteiger charge is -2.29. The number of pyridine rings is 2. The standard InChI is InChI=1S/C19H24N2O3S.C18H20N2O3S/c1-12-9-20-17(13(2)19(12)24-3)11-25(4,23)18-8-15-6-5-14(10-22)7-16(15)21-18;1-11-8-19-16(12(2)18(11)23-3)10-24(22)17-7-14-5-4-13(9-21)6-15(14)20-17/h5-7,9,22-23H,8,10-11H2,1-4H3;4-6,8,21H,7,9-10H2,1-3H3. The van der Waals surface area contributed by atoms with E-state index in [1.54, 1.807) is 26.6 Å². The monoisotopic (exact) mass is 704 g/mol. The molecule has 10 nitrogen and oxygen atoms in total. The smallest absolute Gasteiger partial charge is 0.128 e. The Kier molecular flexibility index (Phi) is 11.4. The molecule has 260 valence electrons. The number of methoxy groups -OCH3 is 2. The zero-order chi connectivity index (χ0) is 35.5. The first-order chi connectivity index (χ1) is 23.4. The third-order valence-electron chi connectivity index (χ3n) is 8.79. The van der Waals surface area contributed by atoms with Crippen molar-refractivity contribution in [3.8, 4) is 11.5 Å². The highest BCUT2D eigenvalue weighted by Crippen LogP contribution is 2.50. The summed E-state index contributed by atoms with van der Waals surface area (Å²) in [5, 5.41) is 19.9. The SMILES string of the molecule is COc1c(C)cnc(CS(=O)C2=Nc3cc(CO)ccc3C2)c1C.COc1c(C)cnc(CS(C)(O)C2=Nc3cc(CO)ccc3C2)c1C. The van der Waals surface area contributed by atoms with E-state index in [0.717, 1.165) is 83.8 Å². The first-order valence-electron chi connectivity index (χ1n) is 15.8. The van der Waals surface area contributed by atoms with Gasteiger partial charge in [0.05, 0.1) is 71.8 Å². The highest BCUT2D eigenvalue weighted by atomic mass is 32.3. The average molecular weight is 705 g/mol. The van der Waals surface area contributed by atoms with Gasteiger partial charge in [-0.15, -0.1) is 0 Å². The Morgan fingerprint density at radius 1 is 0.776 bits per heavy atom. The molecule has 0 aliphatic carbocycles. The third kappa shape index (κ3) is 7.94. The molecular formula is C37H44N4O6S2. The Morgan fingerprint density at radius 2 is 1.29 bits per heavy atom. The molecular weight excluding hydrogens is 661 g/mol. The van der Waals surface area contributed by atoms with Crippen LogP contribution >= 0.6 is 10.3 Å². The molecule has 2 aliphatic rings. The first kappa shape index (κ1) is 36.3. The van der Waals surface area contributed by atoms with Gasteiger partial charge in [-0.2, -0.15) is 0 Å². The Balaban J connectivity index is 0.000000191. The van der Waals surface area contributed by atoms with Crippen molar-refractivity contribution in [3.05, 3.63) is 105 Å². The van der Waals surface area contributed by atoms with Crippen molar-refractivity contribution in [1.82, 2.24) is 9.97 Å². The van der Waals surface area contributed by atoms with Gasteiger partial charge in [-0.1, -0.05) is 34.6 Å². The number of benzene rings is 2. The maximum absolute atomic E-state index is 12.7. The van der Waals surface area contributed by atoms with E-state index < -0.39 is 21.1 Å². The number of ether oxygens (including phenoxy) is 2. The maximum Gasteiger partial charge on any atom is 0.128 e. The molecule has 0 spiro atoms. The predicted octanol–water partition coefficient (Wildman–Crippen LogP) is 6.63. The molecule has 3 N–H and O–H groups in total. The number of rotatable bonds is 8. The molecule has 2 aliphatic heterocycles. The quantitative estimate of drug-likeness (QED) is 0.185. The lowest BCUT2D eigenvalue weighted by atomic mass is 10.1. The minimum Gasteiger partial charge on any atom is -0.496 e. The van der Waals surface area contributed by atoms with Crippen LogP contribution in [0.25, 0.3) is 0 Å². The minimum absolute atomic E-state index is 0.00629. The van der Waals surface area contributed by atoms with Crippen molar-refractivity contribution in [2.45, 2.75) is 65.3 Å². The van der Waals surface area contributed by atoms with Gasteiger partial charge in [0, 0.05) is 53.2 Å². The normalized spacial score (nSPS) is 15.6. The summed E-state index contributed by atoms with van der Waals surface area (Å²) < 4.78 is 34.7. The van der Waals surface area contributed by atoms with E-state index in [9.17, 15) is 19.0 Å². The minimum atomic E-state index is -2.09. The van der Waals surface area contributed by atoms with Crippen LogP contribution in [0.15, 0.2) is 58.8 Å². The molecule has 4 heterocycles. The number of aromatic nitrogens is 2. The zero-order valence-electron chi connectivity index (χ0n) is 29.0. The number of hydrogen-bond acceptors (Lipinski definition) is 10. The molecule has 0 saturated carbocycles. The molecule has 2 atom stereocenters. The fourth-order valence-electron chi connectivity index (χ4n) is 5.97. The van der Waals surface area contributed by atoms with Crippen molar-refractivity contribution in [3.63, 3.8) is 0 Å². The van der Waals surface area contributed by atoms with Gasteiger partial charge in [0.25, 0.3) is 0 Å². The second-order valence-corrected chi connectivity index (χ2v) is 16.7. The summed E-state index contributed by atoms with van der Waals surface area (Å²) in [4.78, 5) is 18.1. The Labute approximate surface area is 292 Å². The Hall–Kier alpha value is -3.94. The Bertz CT molecular complexity index is 1980. The van der Waals surface area contributed by atoms with Gasteiger partial charge in [0.1, 0.15) is 16.5 Å². The van der Waals surface area contributed by atoms with Crippen molar-refractivity contribution in [2.24, 2.45) is 9.98 Å². The van der Waals surface area contributed by atoms with Gasteiger partial charge < -0.3 is 24.2 Å². The number of aliphatic hydroxyl groups excluding tert-OH is 2. The van der Waals surface area contributed by atoms with E-state index >= 15 is 0 Å². The summed E-state index contributed by atoms with van der Waals surface area (Å²) in [6.45, 7) is 7.79. The maximum atomic E-state index is 12.7. The highest BCUT2D eigenvalue weighted by molar-refractivity contribution is 8.40. The van der Waals surface area contributed by atoms with E-state index in [-0.39, 0.29) is 13.2 Å². The fraction of sp³-hybridized carbons (Fsp3) is 0.351. The van der Waals surface area contributed by atoms with E-state index in [0.29, 0.717) is 29.4 Å². The third-order valence-corrected chi connectivity index (χ3v) is 12.2. The molecule has 0 fully saturated rings. The topological polar surface area (TPSA) is 147 Å². The molecule has 0 radical (unpaired) electrons. The molecule has 0 amide bonds. The summed E-state index contributed by atoms with van der Waals surface area (Å²) >= 11 is 0. The van der Waals surface area contributed by atoms with Crippen LogP contribution < -0.4 is 9.47 Å². The van der Waals surface area contributed by atoms with Crippen LogP contribution in [0.1, 0.15) is 55.9 Å². The van der Waals surface area contributed by atoms with Crippen LogP contribution in [0.2, 0.25) is 0 Å². The van der Waals surface area contributed by atoms with Gasteiger partial charge in [-0.25, -0.2) is 9.98 Å². The highest BCUT2D eigenvalue weighted by Gasteiger charge is 2.29. The van der Waals surface area contributed by atoms with Crippen LogP contribution in [-0.4, -0.2) is 59.5 Å². The summed E-state index contributed by atoms with van der Waals surface area (Å²) in [6.07, 6.45) is 6.62. The molecule has 0 saturated heterocycles. The zero-order valence-corrected chi connectivity index (χ0v) is 30.7. The van der Waals surface area contributed by atoms with Crippen molar-refractivity contribution in [2.75, 3.05) is 20.5 Å². The second kappa shape index (κ2) is 15.3. The average Bonchev–Trinajstić information content (AvgIpc) is 3.72. The number of fused-ring (bicyclic) bond motifs is 2. The summed E-state index contributed by atoms with van der Waals surface area (Å²) in [5.41, 5.74) is 10.9. The van der Waals surface area contributed by atoms with E-state index in [1.165, 1.54) is 0 Å². The first-order valence-corrected chi connectivity index (χ1v) is 19.3.